The maximum Gasteiger partial charge on any atom is 0.263 e. The number of hydrogen-bond acceptors (Lipinski definition) is 2. The summed E-state index contributed by atoms with van der Waals surface area (Å²) in [6.07, 6.45) is 0.882. The Morgan fingerprint density at radius 2 is 2.00 bits per heavy atom. The van der Waals surface area contributed by atoms with Gasteiger partial charge in [0.1, 0.15) is 0 Å². The van der Waals surface area contributed by atoms with Crippen LogP contribution >= 0.6 is 0 Å². The molecule has 1 fully saturated rings. The van der Waals surface area contributed by atoms with Crippen molar-refractivity contribution in [1.29, 1.82) is 0 Å². The molecule has 20 heavy (non-hydrogen) atoms. The normalized spacial score (nSPS) is 15.7. The van der Waals surface area contributed by atoms with Gasteiger partial charge in [-0.1, -0.05) is 18.2 Å². The highest BCUT2D eigenvalue weighted by molar-refractivity contribution is 5.78. The molecule has 0 bridgehead atoms. The summed E-state index contributed by atoms with van der Waals surface area (Å²) < 4.78 is 25.1. The molecule has 0 saturated carbocycles. The third-order valence-electron chi connectivity index (χ3n) is 3.52. The minimum absolute atomic E-state index is 0.0201. The van der Waals surface area contributed by atoms with E-state index in [4.69, 9.17) is 0 Å². The maximum absolute atomic E-state index is 12.6. The summed E-state index contributed by atoms with van der Waals surface area (Å²) in [7, 11) is 0. The van der Waals surface area contributed by atoms with E-state index in [-0.39, 0.29) is 18.0 Å². The summed E-state index contributed by atoms with van der Waals surface area (Å²) in [4.78, 5) is 13.8. The Labute approximate surface area is 118 Å². The van der Waals surface area contributed by atoms with Gasteiger partial charge in [0.05, 0.1) is 6.54 Å². The molecule has 1 aliphatic rings. The standard InChI is InChI=1S/C15H20F2N2O/c16-15(17)13-6-4-5-12(9-13)10-18-11-14(20)19-7-2-1-3-8-19/h4-6,9,15,18H,1-3,7-8,10-11H2. The third-order valence-corrected chi connectivity index (χ3v) is 3.52. The van der Waals surface area contributed by atoms with Gasteiger partial charge >= 0.3 is 0 Å². The molecule has 0 spiro atoms. The van der Waals surface area contributed by atoms with E-state index in [1.807, 2.05) is 4.90 Å². The molecule has 0 aromatic heterocycles. The van der Waals surface area contributed by atoms with E-state index in [0.717, 1.165) is 31.5 Å². The van der Waals surface area contributed by atoms with Gasteiger partial charge in [-0.3, -0.25) is 4.79 Å². The second-order valence-corrected chi connectivity index (χ2v) is 5.09. The zero-order chi connectivity index (χ0) is 14.4. The fourth-order valence-corrected chi connectivity index (χ4v) is 2.41. The van der Waals surface area contributed by atoms with E-state index in [2.05, 4.69) is 5.32 Å². The number of piperidine rings is 1. The van der Waals surface area contributed by atoms with Gasteiger partial charge in [-0.25, -0.2) is 8.78 Å². The summed E-state index contributed by atoms with van der Waals surface area (Å²) in [6.45, 7) is 2.36. The zero-order valence-electron chi connectivity index (χ0n) is 11.4. The summed E-state index contributed by atoms with van der Waals surface area (Å²) in [5.41, 5.74) is 0.793. The molecule has 1 aromatic carbocycles. The minimum Gasteiger partial charge on any atom is -0.342 e. The molecule has 1 amide bonds. The van der Waals surface area contributed by atoms with Gasteiger partial charge in [0, 0.05) is 25.2 Å². The highest BCUT2D eigenvalue weighted by Gasteiger charge is 2.15. The molecule has 1 heterocycles. The van der Waals surface area contributed by atoms with Crippen molar-refractivity contribution in [2.24, 2.45) is 0 Å². The van der Waals surface area contributed by atoms with Crippen LogP contribution in [0, 0.1) is 0 Å². The molecule has 1 N–H and O–H groups in total. The average Bonchev–Trinajstić information content (AvgIpc) is 2.48. The Kier molecular flexibility index (Phi) is 5.47. The molecule has 5 heteroatoms. The summed E-state index contributed by atoms with van der Waals surface area (Å²) in [5, 5.41) is 3.03. The van der Waals surface area contributed by atoms with E-state index < -0.39 is 6.43 Å². The van der Waals surface area contributed by atoms with Crippen LogP contribution in [-0.4, -0.2) is 30.4 Å². The van der Waals surface area contributed by atoms with Crippen molar-refractivity contribution >= 4 is 5.91 Å². The van der Waals surface area contributed by atoms with E-state index >= 15 is 0 Å². The SMILES string of the molecule is O=C(CNCc1cccc(C(F)F)c1)N1CCCCC1. The first kappa shape index (κ1) is 14.9. The molecular weight excluding hydrogens is 262 g/mol. The van der Waals surface area contributed by atoms with E-state index in [1.165, 1.54) is 18.6 Å². The van der Waals surface area contributed by atoms with Gasteiger partial charge in [-0.05, 0) is 30.9 Å². The van der Waals surface area contributed by atoms with Crippen LogP contribution in [0.2, 0.25) is 0 Å². The van der Waals surface area contributed by atoms with Crippen LogP contribution < -0.4 is 5.32 Å². The van der Waals surface area contributed by atoms with E-state index in [0.29, 0.717) is 6.54 Å². The quantitative estimate of drug-likeness (QED) is 0.900. The number of amides is 1. The van der Waals surface area contributed by atoms with Crippen LogP contribution in [0.15, 0.2) is 24.3 Å². The lowest BCUT2D eigenvalue weighted by Gasteiger charge is -2.26. The molecule has 1 aliphatic heterocycles. The van der Waals surface area contributed by atoms with Gasteiger partial charge < -0.3 is 10.2 Å². The average molecular weight is 282 g/mol. The lowest BCUT2D eigenvalue weighted by Crippen LogP contribution is -2.40. The Hall–Kier alpha value is -1.49. The number of alkyl halides is 2. The fourth-order valence-electron chi connectivity index (χ4n) is 2.41. The first-order valence-electron chi connectivity index (χ1n) is 7.02. The van der Waals surface area contributed by atoms with Gasteiger partial charge in [0.2, 0.25) is 5.91 Å². The van der Waals surface area contributed by atoms with Crippen LogP contribution in [-0.2, 0) is 11.3 Å². The molecule has 0 aliphatic carbocycles. The number of halogens is 2. The summed E-state index contributed by atoms with van der Waals surface area (Å²) in [5.74, 6) is 0.0923. The van der Waals surface area contributed by atoms with E-state index in [1.54, 1.807) is 12.1 Å². The van der Waals surface area contributed by atoms with Crippen molar-refractivity contribution in [1.82, 2.24) is 10.2 Å². The number of hydrogen-bond donors (Lipinski definition) is 1. The van der Waals surface area contributed by atoms with Crippen LogP contribution in [0.4, 0.5) is 8.78 Å². The Morgan fingerprint density at radius 3 is 2.70 bits per heavy atom. The van der Waals surface area contributed by atoms with E-state index in [9.17, 15) is 13.6 Å². The first-order valence-corrected chi connectivity index (χ1v) is 7.02. The zero-order valence-corrected chi connectivity index (χ0v) is 11.4. The predicted octanol–water partition coefficient (Wildman–Crippen LogP) is 2.73. The van der Waals surface area contributed by atoms with Gasteiger partial charge in [-0.15, -0.1) is 0 Å². The number of likely N-dealkylation sites (tertiary alicyclic amines) is 1. The summed E-state index contributed by atoms with van der Waals surface area (Å²) in [6, 6.07) is 6.28. The lowest BCUT2D eigenvalue weighted by molar-refractivity contribution is -0.131. The number of carbonyl (C=O) groups is 1. The second kappa shape index (κ2) is 7.33. The van der Waals surface area contributed by atoms with Crippen LogP contribution in [0.1, 0.15) is 36.8 Å². The smallest absolute Gasteiger partial charge is 0.263 e. The van der Waals surface area contributed by atoms with Crippen molar-refractivity contribution in [3.8, 4) is 0 Å². The highest BCUT2D eigenvalue weighted by atomic mass is 19.3. The number of carbonyl (C=O) groups excluding carboxylic acids is 1. The molecule has 0 atom stereocenters. The van der Waals surface area contributed by atoms with Crippen molar-refractivity contribution in [3.05, 3.63) is 35.4 Å². The Balaban J connectivity index is 1.77. The van der Waals surface area contributed by atoms with Crippen LogP contribution in [0.5, 0.6) is 0 Å². The van der Waals surface area contributed by atoms with Crippen molar-refractivity contribution in [2.75, 3.05) is 19.6 Å². The molecule has 1 saturated heterocycles. The Bertz CT molecular complexity index is 445. The number of rotatable bonds is 5. The van der Waals surface area contributed by atoms with Crippen LogP contribution in [0.3, 0.4) is 0 Å². The Morgan fingerprint density at radius 1 is 1.25 bits per heavy atom. The predicted molar refractivity (Wildman–Crippen MR) is 73.5 cm³/mol. The van der Waals surface area contributed by atoms with Crippen LogP contribution in [0.25, 0.3) is 0 Å². The minimum atomic E-state index is -2.45. The molecule has 2 rings (SSSR count). The molecule has 1 aromatic rings. The topological polar surface area (TPSA) is 32.3 Å². The van der Waals surface area contributed by atoms with Crippen molar-refractivity contribution in [2.45, 2.75) is 32.2 Å². The summed E-state index contributed by atoms with van der Waals surface area (Å²) >= 11 is 0. The molecule has 0 radical (unpaired) electrons. The van der Waals surface area contributed by atoms with Gasteiger partial charge in [0.25, 0.3) is 6.43 Å². The largest absolute Gasteiger partial charge is 0.342 e. The fraction of sp³-hybridized carbons (Fsp3) is 0.533. The monoisotopic (exact) mass is 282 g/mol. The van der Waals surface area contributed by atoms with Crippen molar-refractivity contribution < 1.29 is 13.6 Å². The number of benzene rings is 1. The highest BCUT2D eigenvalue weighted by Crippen LogP contribution is 2.19. The van der Waals surface area contributed by atoms with Crippen molar-refractivity contribution in [3.63, 3.8) is 0 Å². The lowest BCUT2D eigenvalue weighted by atomic mass is 10.1. The number of nitrogens with zero attached hydrogens (tertiary/aromatic N) is 1. The molecule has 0 unspecified atom stereocenters. The maximum atomic E-state index is 12.6. The second-order valence-electron chi connectivity index (χ2n) is 5.09. The number of nitrogens with one attached hydrogen (secondary N) is 1. The van der Waals surface area contributed by atoms with Gasteiger partial charge in [-0.2, -0.15) is 0 Å². The first-order chi connectivity index (χ1) is 9.66. The molecular formula is C15H20F2N2O. The molecule has 3 nitrogen and oxygen atoms in total. The molecule has 110 valence electrons. The van der Waals surface area contributed by atoms with Gasteiger partial charge in [0.15, 0.2) is 0 Å². The third kappa shape index (κ3) is 4.27.